The Kier molecular flexibility index (Phi) is 4.29. The molecule has 0 radical (unpaired) electrons. The molecule has 3 nitrogen and oxygen atoms in total. The lowest BCUT2D eigenvalue weighted by atomic mass is 9.99. The fourth-order valence-electron chi connectivity index (χ4n) is 2.84. The Bertz CT molecular complexity index is 870. The molecule has 23 heavy (non-hydrogen) atoms. The zero-order valence-electron chi connectivity index (χ0n) is 12.3. The summed E-state index contributed by atoms with van der Waals surface area (Å²) in [5, 5.41) is 0.396. The van der Waals surface area contributed by atoms with Gasteiger partial charge in [-0.3, -0.25) is 4.31 Å². The molecule has 0 spiro atoms. The molecule has 122 valence electrons. The Labute approximate surface area is 144 Å². The van der Waals surface area contributed by atoms with Crippen molar-refractivity contribution in [2.24, 2.45) is 0 Å². The summed E-state index contributed by atoms with van der Waals surface area (Å²) in [4.78, 5) is -0.0457. The van der Waals surface area contributed by atoms with E-state index in [0.717, 1.165) is 0 Å². The second-order valence-electron chi connectivity index (χ2n) is 5.54. The van der Waals surface area contributed by atoms with E-state index in [2.05, 4.69) is 0 Å². The van der Waals surface area contributed by atoms with Gasteiger partial charge in [0.2, 0.25) is 0 Å². The lowest BCUT2D eigenvalue weighted by Crippen LogP contribution is -2.42. The van der Waals surface area contributed by atoms with Gasteiger partial charge < -0.3 is 0 Å². The minimum Gasteiger partial charge on any atom is -0.263 e. The van der Waals surface area contributed by atoms with Crippen molar-refractivity contribution < 1.29 is 12.8 Å². The summed E-state index contributed by atoms with van der Waals surface area (Å²) in [5.74, 6) is -0.378. The predicted octanol–water partition coefficient (Wildman–Crippen LogP) is 4.66. The molecular weight excluding hydrogens is 360 g/mol. The maximum atomic E-state index is 13.4. The molecule has 0 saturated carbocycles. The topological polar surface area (TPSA) is 37.4 Å². The first-order valence-corrected chi connectivity index (χ1v) is 9.28. The normalized spacial score (nSPS) is 17.9. The molecule has 1 atom stereocenters. The lowest BCUT2D eigenvalue weighted by Gasteiger charge is -2.36. The standard InChI is InChI=1S/C16H14Cl2FNO2S/c1-10-2-3-11-8-13(19)5-7-15(11)20(10)23(21,22)16-9-12(17)4-6-14(16)18/h4-10H,2-3H2,1H3/t10-/m0/s1. The van der Waals surface area contributed by atoms with Crippen LogP contribution in [0.4, 0.5) is 10.1 Å². The van der Waals surface area contributed by atoms with Crippen LogP contribution in [0.15, 0.2) is 41.3 Å². The van der Waals surface area contributed by atoms with Gasteiger partial charge in [-0.05, 0) is 61.7 Å². The highest BCUT2D eigenvalue weighted by atomic mass is 35.5. The van der Waals surface area contributed by atoms with Crippen molar-refractivity contribution in [1.82, 2.24) is 0 Å². The van der Waals surface area contributed by atoms with Crippen molar-refractivity contribution in [2.75, 3.05) is 4.31 Å². The van der Waals surface area contributed by atoms with E-state index in [1.165, 1.54) is 40.7 Å². The number of hydrogen-bond acceptors (Lipinski definition) is 2. The molecular formula is C16H14Cl2FNO2S. The minimum atomic E-state index is -3.90. The van der Waals surface area contributed by atoms with Gasteiger partial charge in [-0.1, -0.05) is 23.2 Å². The molecule has 0 unspecified atom stereocenters. The number of fused-ring (bicyclic) bond motifs is 1. The van der Waals surface area contributed by atoms with E-state index in [4.69, 9.17) is 23.2 Å². The highest BCUT2D eigenvalue weighted by Crippen LogP contribution is 2.37. The average molecular weight is 374 g/mol. The molecule has 1 aliphatic heterocycles. The number of rotatable bonds is 2. The van der Waals surface area contributed by atoms with Crippen LogP contribution >= 0.6 is 23.2 Å². The highest BCUT2D eigenvalue weighted by Gasteiger charge is 2.35. The van der Waals surface area contributed by atoms with Crippen LogP contribution < -0.4 is 4.31 Å². The van der Waals surface area contributed by atoms with Gasteiger partial charge in [0.15, 0.2) is 0 Å². The fraction of sp³-hybridized carbons (Fsp3) is 0.250. The molecule has 0 bridgehead atoms. The van der Waals surface area contributed by atoms with E-state index < -0.39 is 10.0 Å². The van der Waals surface area contributed by atoms with E-state index in [9.17, 15) is 12.8 Å². The summed E-state index contributed by atoms with van der Waals surface area (Å²) in [7, 11) is -3.90. The summed E-state index contributed by atoms with van der Waals surface area (Å²) in [6.07, 6.45) is 1.23. The predicted molar refractivity (Wildman–Crippen MR) is 90.3 cm³/mol. The van der Waals surface area contributed by atoms with Crippen LogP contribution in [-0.4, -0.2) is 14.5 Å². The van der Waals surface area contributed by atoms with Gasteiger partial charge >= 0.3 is 0 Å². The monoisotopic (exact) mass is 373 g/mol. The third-order valence-electron chi connectivity index (χ3n) is 3.94. The molecule has 3 rings (SSSR count). The summed E-state index contributed by atoms with van der Waals surface area (Å²) in [6, 6.07) is 8.21. The number of halogens is 3. The molecule has 0 N–H and O–H groups in total. The summed E-state index contributed by atoms with van der Waals surface area (Å²) in [5.41, 5.74) is 1.16. The first kappa shape index (κ1) is 16.6. The number of benzene rings is 2. The fourth-order valence-corrected chi connectivity index (χ4v) is 5.30. The van der Waals surface area contributed by atoms with Crippen molar-refractivity contribution in [2.45, 2.75) is 30.7 Å². The number of hydrogen-bond donors (Lipinski definition) is 0. The SMILES string of the molecule is C[C@H]1CCc2cc(F)ccc2N1S(=O)(=O)c1cc(Cl)ccc1Cl. The van der Waals surface area contributed by atoms with Gasteiger partial charge in [0.05, 0.1) is 10.7 Å². The smallest absolute Gasteiger partial charge is 0.263 e. The van der Waals surface area contributed by atoms with Gasteiger partial charge in [-0.2, -0.15) is 0 Å². The third kappa shape index (κ3) is 2.93. The lowest BCUT2D eigenvalue weighted by molar-refractivity contribution is 0.560. The summed E-state index contributed by atoms with van der Waals surface area (Å²) >= 11 is 12.0. The first-order chi connectivity index (χ1) is 10.8. The van der Waals surface area contributed by atoms with Gasteiger partial charge in [0.1, 0.15) is 10.7 Å². The Morgan fingerprint density at radius 1 is 1.17 bits per heavy atom. The summed E-state index contributed by atoms with van der Waals surface area (Å²) in [6.45, 7) is 1.82. The maximum Gasteiger partial charge on any atom is 0.266 e. The largest absolute Gasteiger partial charge is 0.266 e. The second-order valence-corrected chi connectivity index (χ2v) is 8.16. The molecule has 2 aromatic carbocycles. The van der Waals surface area contributed by atoms with Gasteiger partial charge in [0, 0.05) is 11.1 Å². The van der Waals surface area contributed by atoms with Crippen molar-refractivity contribution in [3.05, 3.63) is 57.8 Å². The number of aryl methyl sites for hydroxylation is 1. The van der Waals surface area contributed by atoms with E-state index in [0.29, 0.717) is 24.1 Å². The molecule has 1 heterocycles. The van der Waals surface area contributed by atoms with Gasteiger partial charge in [-0.15, -0.1) is 0 Å². The Balaban J connectivity index is 2.19. The molecule has 2 aromatic rings. The van der Waals surface area contributed by atoms with Crippen molar-refractivity contribution in [1.29, 1.82) is 0 Å². The van der Waals surface area contributed by atoms with E-state index in [1.807, 2.05) is 6.92 Å². The second kappa shape index (κ2) is 5.96. The van der Waals surface area contributed by atoms with E-state index >= 15 is 0 Å². The molecule has 0 aliphatic carbocycles. The minimum absolute atomic E-state index is 0.0457. The molecule has 1 aliphatic rings. The van der Waals surface area contributed by atoms with E-state index in [1.54, 1.807) is 0 Å². The van der Waals surface area contributed by atoms with Crippen LogP contribution in [0.2, 0.25) is 10.0 Å². The van der Waals surface area contributed by atoms with Crippen LogP contribution in [0.5, 0.6) is 0 Å². The third-order valence-corrected chi connectivity index (χ3v) is 6.59. The number of nitrogens with zero attached hydrogens (tertiary/aromatic N) is 1. The zero-order chi connectivity index (χ0) is 16.8. The Hall–Kier alpha value is -1.30. The van der Waals surface area contributed by atoms with Crippen LogP contribution in [-0.2, 0) is 16.4 Å². The number of anilines is 1. The zero-order valence-corrected chi connectivity index (χ0v) is 14.6. The summed E-state index contributed by atoms with van der Waals surface area (Å²) < 4.78 is 41.0. The van der Waals surface area contributed by atoms with Crippen LogP contribution in [0, 0.1) is 5.82 Å². The Morgan fingerprint density at radius 2 is 1.91 bits per heavy atom. The molecule has 0 fully saturated rings. The first-order valence-electron chi connectivity index (χ1n) is 7.08. The number of sulfonamides is 1. The molecule has 0 saturated heterocycles. The molecule has 0 amide bonds. The van der Waals surface area contributed by atoms with Gasteiger partial charge in [-0.25, -0.2) is 12.8 Å². The van der Waals surface area contributed by atoms with E-state index in [-0.39, 0.29) is 26.8 Å². The Morgan fingerprint density at radius 3 is 2.65 bits per heavy atom. The maximum absolute atomic E-state index is 13.4. The van der Waals surface area contributed by atoms with Gasteiger partial charge in [0.25, 0.3) is 10.0 Å². The van der Waals surface area contributed by atoms with Crippen molar-refractivity contribution >= 4 is 38.9 Å². The van der Waals surface area contributed by atoms with Crippen molar-refractivity contribution in [3.63, 3.8) is 0 Å². The van der Waals surface area contributed by atoms with Crippen LogP contribution in [0.3, 0.4) is 0 Å². The molecule has 0 aromatic heterocycles. The van der Waals surface area contributed by atoms with Crippen molar-refractivity contribution in [3.8, 4) is 0 Å². The quantitative estimate of drug-likeness (QED) is 0.767. The highest BCUT2D eigenvalue weighted by molar-refractivity contribution is 7.93. The average Bonchev–Trinajstić information content (AvgIpc) is 2.49. The van der Waals surface area contributed by atoms with Crippen LogP contribution in [0.25, 0.3) is 0 Å². The molecule has 7 heteroatoms. The van der Waals surface area contributed by atoms with Crippen LogP contribution in [0.1, 0.15) is 18.9 Å².